The molecule has 0 aliphatic carbocycles. The van der Waals surface area contributed by atoms with Crippen LogP contribution < -0.4 is 10.1 Å². The van der Waals surface area contributed by atoms with E-state index in [9.17, 15) is 4.79 Å². The predicted molar refractivity (Wildman–Crippen MR) is 101 cm³/mol. The first kappa shape index (κ1) is 17.7. The number of rotatable bonds is 7. The molecule has 0 bridgehead atoms. The Balaban J connectivity index is 1.65. The van der Waals surface area contributed by atoms with Crippen molar-refractivity contribution in [1.29, 1.82) is 0 Å². The average Bonchev–Trinajstić information content (AvgIpc) is 3.19. The number of aromatic nitrogens is 2. The number of amides is 1. The van der Waals surface area contributed by atoms with Gasteiger partial charge in [0, 0.05) is 24.5 Å². The maximum atomic E-state index is 12.6. The van der Waals surface area contributed by atoms with E-state index < -0.39 is 0 Å². The smallest absolute Gasteiger partial charge is 0.251 e. The van der Waals surface area contributed by atoms with Gasteiger partial charge in [0.25, 0.3) is 5.91 Å². The van der Waals surface area contributed by atoms with Crippen molar-refractivity contribution in [1.82, 2.24) is 14.9 Å². The number of ether oxygens (including phenoxy) is 1. The molecule has 0 aliphatic rings. The van der Waals surface area contributed by atoms with Crippen LogP contribution >= 0.6 is 0 Å². The number of methoxy groups -OCH3 is 1. The molecule has 1 aromatic heterocycles. The van der Waals surface area contributed by atoms with E-state index in [1.165, 1.54) is 0 Å². The van der Waals surface area contributed by atoms with Crippen LogP contribution in [0.5, 0.6) is 5.75 Å². The molecule has 0 saturated carbocycles. The molecule has 5 nitrogen and oxygen atoms in total. The Kier molecular flexibility index (Phi) is 5.69. The molecular formula is C21H23N3O2. The second-order valence-corrected chi connectivity index (χ2v) is 6.14. The summed E-state index contributed by atoms with van der Waals surface area (Å²) in [5.74, 6) is 0.741. The maximum absolute atomic E-state index is 12.6. The second-order valence-electron chi connectivity index (χ2n) is 6.14. The van der Waals surface area contributed by atoms with Gasteiger partial charge < -0.3 is 14.6 Å². The number of imidazole rings is 1. The van der Waals surface area contributed by atoms with E-state index in [-0.39, 0.29) is 11.9 Å². The normalized spacial score (nSPS) is 11.8. The molecule has 5 heteroatoms. The van der Waals surface area contributed by atoms with Gasteiger partial charge >= 0.3 is 0 Å². The molecule has 134 valence electrons. The number of carbonyl (C=O) groups excluding carboxylic acids is 1. The highest BCUT2D eigenvalue weighted by Gasteiger charge is 2.14. The Labute approximate surface area is 153 Å². The molecule has 1 heterocycles. The zero-order chi connectivity index (χ0) is 18.4. The largest absolute Gasteiger partial charge is 0.497 e. The summed E-state index contributed by atoms with van der Waals surface area (Å²) in [6.45, 7) is 2.80. The van der Waals surface area contributed by atoms with Gasteiger partial charge in [-0.15, -0.1) is 0 Å². The summed E-state index contributed by atoms with van der Waals surface area (Å²) in [4.78, 5) is 16.6. The summed E-state index contributed by atoms with van der Waals surface area (Å²) in [5.41, 5.74) is 2.85. The molecule has 0 radical (unpaired) electrons. The van der Waals surface area contributed by atoms with Crippen molar-refractivity contribution in [3.05, 3.63) is 83.9 Å². The second kappa shape index (κ2) is 8.34. The van der Waals surface area contributed by atoms with Crippen LogP contribution in [-0.4, -0.2) is 22.6 Å². The van der Waals surface area contributed by atoms with E-state index in [1.54, 1.807) is 19.6 Å². The summed E-state index contributed by atoms with van der Waals surface area (Å²) in [7, 11) is 1.64. The summed E-state index contributed by atoms with van der Waals surface area (Å²) < 4.78 is 7.18. The van der Waals surface area contributed by atoms with Crippen molar-refractivity contribution in [3.8, 4) is 5.75 Å². The van der Waals surface area contributed by atoms with E-state index in [0.29, 0.717) is 5.56 Å². The lowest BCUT2D eigenvalue weighted by molar-refractivity contribution is 0.0935. The number of nitrogens with one attached hydrogen (secondary N) is 1. The Morgan fingerprint density at radius 3 is 2.46 bits per heavy atom. The van der Waals surface area contributed by atoms with Crippen LogP contribution in [0.2, 0.25) is 0 Å². The molecule has 0 fully saturated rings. The van der Waals surface area contributed by atoms with Crippen molar-refractivity contribution in [3.63, 3.8) is 0 Å². The minimum absolute atomic E-state index is 0.0287. The van der Waals surface area contributed by atoms with Crippen LogP contribution in [0.1, 0.15) is 40.9 Å². The fraction of sp³-hybridized carbons (Fsp3) is 0.238. The highest BCUT2D eigenvalue weighted by Crippen LogP contribution is 2.20. The Hall–Kier alpha value is -3.08. The summed E-state index contributed by atoms with van der Waals surface area (Å²) in [6.07, 6.45) is 6.27. The first-order valence-electron chi connectivity index (χ1n) is 8.69. The predicted octanol–water partition coefficient (Wildman–Crippen LogP) is 3.82. The topological polar surface area (TPSA) is 56.2 Å². The lowest BCUT2D eigenvalue weighted by atomic mass is 10.0. The molecule has 0 aliphatic heterocycles. The third-order valence-electron chi connectivity index (χ3n) is 4.37. The number of hydrogen-bond donors (Lipinski definition) is 1. The van der Waals surface area contributed by atoms with Crippen LogP contribution in [0, 0.1) is 0 Å². The summed E-state index contributed by atoms with van der Waals surface area (Å²) >= 11 is 0. The van der Waals surface area contributed by atoms with E-state index in [4.69, 9.17) is 4.74 Å². The van der Waals surface area contributed by atoms with Gasteiger partial charge in [0.15, 0.2) is 0 Å². The van der Waals surface area contributed by atoms with Gasteiger partial charge in [-0.1, -0.05) is 31.2 Å². The van der Waals surface area contributed by atoms with Gasteiger partial charge in [0.2, 0.25) is 0 Å². The fourth-order valence-corrected chi connectivity index (χ4v) is 2.85. The Morgan fingerprint density at radius 2 is 1.88 bits per heavy atom. The number of carbonyl (C=O) groups is 1. The lowest BCUT2D eigenvalue weighted by Crippen LogP contribution is -2.28. The quantitative estimate of drug-likeness (QED) is 0.705. The highest BCUT2D eigenvalue weighted by atomic mass is 16.5. The third-order valence-corrected chi connectivity index (χ3v) is 4.37. The average molecular weight is 349 g/mol. The molecule has 1 atom stereocenters. The highest BCUT2D eigenvalue weighted by molar-refractivity contribution is 5.94. The Morgan fingerprint density at radius 1 is 1.15 bits per heavy atom. The minimum atomic E-state index is -0.0677. The fourth-order valence-electron chi connectivity index (χ4n) is 2.85. The van der Waals surface area contributed by atoms with Crippen LogP contribution in [0.15, 0.2) is 67.3 Å². The molecule has 26 heavy (non-hydrogen) atoms. The number of nitrogens with zero attached hydrogens (tertiary/aromatic N) is 2. The number of benzene rings is 2. The zero-order valence-corrected chi connectivity index (χ0v) is 15.1. The van der Waals surface area contributed by atoms with E-state index >= 15 is 0 Å². The van der Waals surface area contributed by atoms with Gasteiger partial charge in [0.05, 0.1) is 19.5 Å². The SMILES string of the molecule is CCC(NC(=O)c1ccc(Cn2ccnc2)cc1)c1ccc(OC)cc1. The van der Waals surface area contributed by atoms with Crippen molar-refractivity contribution in [2.45, 2.75) is 25.9 Å². The van der Waals surface area contributed by atoms with Gasteiger partial charge in [-0.3, -0.25) is 4.79 Å². The molecule has 1 N–H and O–H groups in total. The number of hydrogen-bond acceptors (Lipinski definition) is 3. The first-order chi connectivity index (χ1) is 12.7. The minimum Gasteiger partial charge on any atom is -0.497 e. The molecule has 0 spiro atoms. The lowest BCUT2D eigenvalue weighted by Gasteiger charge is -2.18. The molecule has 2 aromatic carbocycles. The van der Waals surface area contributed by atoms with Crippen LogP contribution in [0.25, 0.3) is 0 Å². The van der Waals surface area contributed by atoms with Crippen molar-refractivity contribution in [2.24, 2.45) is 0 Å². The zero-order valence-electron chi connectivity index (χ0n) is 15.1. The van der Waals surface area contributed by atoms with Gasteiger partial charge in [-0.2, -0.15) is 0 Å². The molecular weight excluding hydrogens is 326 g/mol. The molecule has 1 unspecified atom stereocenters. The van der Waals surface area contributed by atoms with E-state index in [0.717, 1.165) is 29.8 Å². The standard InChI is InChI=1S/C21H23N3O2/c1-3-20(17-8-10-19(26-2)11-9-17)23-21(25)18-6-4-16(5-7-18)14-24-13-12-22-15-24/h4-13,15,20H,3,14H2,1-2H3,(H,23,25). The summed E-state index contributed by atoms with van der Waals surface area (Å²) in [5, 5.41) is 3.11. The van der Waals surface area contributed by atoms with Crippen LogP contribution in [0.4, 0.5) is 0 Å². The van der Waals surface area contributed by atoms with Crippen molar-refractivity contribution >= 4 is 5.91 Å². The molecule has 3 aromatic rings. The van der Waals surface area contributed by atoms with E-state index in [1.807, 2.05) is 59.3 Å². The van der Waals surface area contributed by atoms with Crippen LogP contribution in [-0.2, 0) is 6.54 Å². The monoisotopic (exact) mass is 349 g/mol. The van der Waals surface area contributed by atoms with Gasteiger partial charge in [0.1, 0.15) is 5.75 Å². The van der Waals surface area contributed by atoms with Crippen LogP contribution in [0.3, 0.4) is 0 Å². The first-order valence-corrected chi connectivity index (χ1v) is 8.69. The molecule has 0 saturated heterocycles. The van der Waals surface area contributed by atoms with Gasteiger partial charge in [-0.05, 0) is 41.8 Å². The van der Waals surface area contributed by atoms with Crippen molar-refractivity contribution < 1.29 is 9.53 Å². The molecule has 3 rings (SSSR count). The summed E-state index contributed by atoms with van der Waals surface area (Å²) in [6, 6.07) is 15.4. The third kappa shape index (κ3) is 4.30. The maximum Gasteiger partial charge on any atom is 0.251 e. The van der Waals surface area contributed by atoms with Crippen molar-refractivity contribution in [2.75, 3.05) is 7.11 Å². The van der Waals surface area contributed by atoms with Gasteiger partial charge in [-0.25, -0.2) is 4.98 Å². The Bertz CT molecular complexity index is 825. The van der Waals surface area contributed by atoms with E-state index in [2.05, 4.69) is 17.2 Å². The molecule has 1 amide bonds.